The van der Waals surface area contributed by atoms with Crippen molar-refractivity contribution in [2.24, 2.45) is 0 Å². The lowest BCUT2D eigenvalue weighted by Crippen LogP contribution is -2.33. The van der Waals surface area contributed by atoms with Crippen LogP contribution in [0.3, 0.4) is 0 Å². The molecule has 31 heavy (non-hydrogen) atoms. The van der Waals surface area contributed by atoms with Crippen LogP contribution in [0.4, 0.5) is 5.69 Å². The van der Waals surface area contributed by atoms with Crippen LogP contribution in [0.15, 0.2) is 55.0 Å². The summed E-state index contributed by atoms with van der Waals surface area (Å²) in [4.78, 5) is 22.6. The van der Waals surface area contributed by atoms with Crippen molar-refractivity contribution in [2.45, 2.75) is 0 Å². The molecule has 0 atom stereocenters. The number of rotatable bonds is 6. The maximum absolute atomic E-state index is 11.9. The van der Waals surface area contributed by atoms with E-state index in [1.807, 2.05) is 12.1 Å². The molecule has 2 aromatic carbocycles. The molecular formula is C20H17BN6O4. The van der Waals surface area contributed by atoms with Gasteiger partial charge in [-0.25, -0.2) is 4.68 Å². The number of benzene rings is 2. The molecule has 0 aliphatic rings. The van der Waals surface area contributed by atoms with E-state index in [0.29, 0.717) is 33.5 Å². The van der Waals surface area contributed by atoms with Crippen LogP contribution < -0.4 is 16.5 Å². The van der Waals surface area contributed by atoms with Gasteiger partial charge in [-0.05, 0) is 29.2 Å². The molecule has 0 aliphatic carbocycles. The Bertz CT molecular complexity index is 1290. The van der Waals surface area contributed by atoms with E-state index in [1.54, 1.807) is 35.1 Å². The molecule has 0 unspecified atom stereocenters. The Morgan fingerprint density at radius 1 is 1.26 bits per heavy atom. The van der Waals surface area contributed by atoms with Crippen LogP contribution in [0.2, 0.25) is 0 Å². The van der Waals surface area contributed by atoms with Gasteiger partial charge in [0.05, 0.1) is 34.8 Å². The molecule has 0 radical (unpaired) electrons. The number of hydrogen-bond donors (Lipinski definition) is 3. The zero-order valence-corrected chi connectivity index (χ0v) is 16.4. The molecule has 1 amide bonds. The fourth-order valence-electron chi connectivity index (χ4n) is 3.23. The molecule has 0 saturated heterocycles. The molecule has 11 heteroatoms. The monoisotopic (exact) mass is 416 g/mol. The second kappa shape index (κ2) is 8.24. The van der Waals surface area contributed by atoms with Crippen molar-refractivity contribution >= 4 is 41.6 Å². The quantitative estimate of drug-likeness (QED) is 0.300. The van der Waals surface area contributed by atoms with Crippen LogP contribution >= 0.6 is 0 Å². The number of carbonyl (C=O) groups excluding carboxylic acids is 2. The van der Waals surface area contributed by atoms with Gasteiger partial charge in [0, 0.05) is 24.2 Å². The second-order valence-electron chi connectivity index (χ2n) is 6.65. The van der Waals surface area contributed by atoms with Gasteiger partial charge in [0.1, 0.15) is 0 Å². The molecule has 2 heterocycles. The first-order chi connectivity index (χ1) is 15.0. The van der Waals surface area contributed by atoms with Crippen LogP contribution in [0.1, 0.15) is 10.4 Å². The Hall–Kier alpha value is -4.25. The number of nitrogens with zero attached hydrogens (tertiary/aromatic N) is 4. The highest BCUT2D eigenvalue weighted by molar-refractivity contribution is 6.61. The molecule has 0 bridgehead atoms. The standard InChI is InChI=1S/C20H17BN6O4/c1-23-20(29)13-8-25-27(10-13)19-5-3-14(21(30)31-11-28)7-16(19)12-2-4-15-17(22)9-24-26-18(15)6-12/h2-11,30H,1H3,(H2,22,26)(H,23,29). The van der Waals surface area contributed by atoms with Gasteiger partial charge in [-0.1, -0.05) is 18.2 Å². The van der Waals surface area contributed by atoms with Crippen LogP contribution in [0.5, 0.6) is 0 Å². The summed E-state index contributed by atoms with van der Waals surface area (Å²) in [6.45, 7) is 0.176. The van der Waals surface area contributed by atoms with Crippen molar-refractivity contribution in [3.63, 3.8) is 0 Å². The number of anilines is 1. The molecule has 0 aliphatic heterocycles. The lowest BCUT2D eigenvalue weighted by Gasteiger charge is -2.14. The van der Waals surface area contributed by atoms with Crippen LogP contribution in [0.25, 0.3) is 27.7 Å². The predicted molar refractivity (Wildman–Crippen MR) is 115 cm³/mol. The third-order valence-electron chi connectivity index (χ3n) is 4.79. The van der Waals surface area contributed by atoms with Gasteiger partial charge in [-0.2, -0.15) is 15.3 Å². The van der Waals surface area contributed by atoms with Gasteiger partial charge in [-0.3, -0.25) is 9.59 Å². The molecule has 4 rings (SSSR count). The molecule has 2 aromatic heterocycles. The molecule has 4 aromatic rings. The number of nitrogens with two attached hydrogens (primary N) is 1. The largest absolute Gasteiger partial charge is 0.561 e. The van der Waals surface area contributed by atoms with Crippen LogP contribution in [-0.4, -0.2) is 51.5 Å². The van der Waals surface area contributed by atoms with Gasteiger partial charge in [-0.15, -0.1) is 0 Å². The van der Waals surface area contributed by atoms with Gasteiger partial charge >= 0.3 is 7.12 Å². The zero-order chi connectivity index (χ0) is 22.0. The highest BCUT2D eigenvalue weighted by atomic mass is 16.5. The normalized spacial score (nSPS) is 10.6. The number of nitrogen functional groups attached to an aromatic ring is 1. The van der Waals surface area contributed by atoms with E-state index in [0.717, 1.165) is 10.9 Å². The Kier molecular flexibility index (Phi) is 5.33. The summed E-state index contributed by atoms with van der Waals surface area (Å²) in [6.07, 6.45) is 4.52. The minimum atomic E-state index is -1.43. The van der Waals surface area contributed by atoms with E-state index in [1.165, 1.54) is 19.4 Å². The number of aromatic nitrogens is 4. The number of nitrogens with one attached hydrogen (secondary N) is 1. The molecule has 0 fully saturated rings. The van der Waals surface area contributed by atoms with Crippen molar-refractivity contribution in [3.05, 3.63) is 60.6 Å². The Labute approximate surface area is 176 Å². The summed E-state index contributed by atoms with van der Waals surface area (Å²) in [5, 5.41) is 25.7. The van der Waals surface area contributed by atoms with Gasteiger partial charge < -0.3 is 20.7 Å². The van der Waals surface area contributed by atoms with E-state index in [-0.39, 0.29) is 12.4 Å². The third-order valence-corrected chi connectivity index (χ3v) is 4.79. The summed E-state index contributed by atoms with van der Waals surface area (Å²) in [6, 6.07) is 10.5. The van der Waals surface area contributed by atoms with Crippen molar-refractivity contribution in [3.8, 4) is 16.8 Å². The molecule has 10 nitrogen and oxygen atoms in total. The van der Waals surface area contributed by atoms with Gasteiger partial charge in [0.25, 0.3) is 12.4 Å². The van der Waals surface area contributed by atoms with E-state index < -0.39 is 7.12 Å². The van der Waals surface area contributed by atoms with E-state index >= 15 is 0 Å². The topological polar surface area (TPSA) is 145 Å². The summed E-state index contributed by atoms with van der Waals surface area (Å²) in [5.41, 5.74) is 9.84. The summed E-state index contributed by atoms with van der Waals surface area (Å²) < 4.78 is 6.21. The van der Waals surface area contributed by atoms with E-state index in [2.05, 4.69) is 25.3 Å². The summed E-state index contributed by atoms with van der Waals surface area (Å²) in [7, 11) is 0.108. The molecule has 4 N–H and O–H groups in total. The highest BCUT2D eigenvalue weighted by Crippen LogP contribution is 2.29. The Morgan fingerprint density at radius 2 is 2.10 bits per heavy atom. The number of hydrogen-bond acceptors (Lipinski definition) is 8. The number of fused-ring (bicyclic) bond motifs is 1. The molecule has 0 saturated carbocycles. The first kappa shape index (κ1) is 20.0. The van der Waals surface area contributed by atoms with Crippen molar-refractivity contribution in [1.29, 1.82) is 0 Å². The summed E-state index contributed by atoms with van der Waals surface area (Å²) >= 11 is 0. The SMILES string of the molecule is CNC(=O)c1cnn(-c2ccc(B(O)OC=O)cc2-c2ccc3c(N)cnnc3c2)c1. The van der Waals surface area contributed by atoms with Crippen molar-refractivity contribution in [1.82, 2.24) is 25.3 Å². The molecule has 154 valence electrons. The fourth-order valence-corrected chi connectivity index (χ4v) is 3.23. The number of carbonyl (C=O) groups is 2. The third kappa shape index (κ3) is 3.81. The first-order valence-corrected chi connectivity index (χ1v) is 9.21. The first-order valence-electron chi connectivity index (χ1n) is 9.21. The maximum Gasteiger partial charge on any atom is 0.561 e. The molecule has 0 spiro atoms. The van der Waals surface area contributed by atoms with Crippen LogP contribution in [0, 0.1) is 0 Å². The minimum absolute atomic E-state index is 0.176. The van der Waals surface area contributed by atoms with Gasteiger partial charge in [0.15, 0.2) is 0 Å². The average molecular weight is 416 g/mol. The lowest BCUT2D eigenvalue weighted by atomic mass is 9.78. The minimum Gasteiger partial charge on any atom is -0.508 e. The fraction of sp³-hybridized carbons (Fsp3) is 0.0500. The second-order valence-corrected chi connectivity index (χ2v) is 6.65. The number of amides is 1. The lowest BCUT2D eigenvalue weighted by molar-refractivity contribution is -0.121. The Morgan fingerprint density at radius 3 is 2.87 bits per heavy atom. The van der Waals surface area contributed by atoms with Crippen molar-refractivity contribution in [2.75, 3.05) is 12.8 Å². The van der Waals surface area contributed by atoms with Crippen LogP contribution in [-0.2, 0) is 9.45 Å². The average Bonchev–Trinajstić information content (AvgIpc) is 3.28. The highest BCUT2D eigenvalue weighted by Gasteiger charge is 2.21. The smallest absolute Gasteiger partial charge is 0.508 e. The van der Waals surface area contributed by atoms with Gasteiger partial charge in [0.2, 0.25) is 0 Å². The zero-order valence-electron chi connectivity index (χ0n) is 16.4. The summed E-state index contributed by atoms with van der Waals surface area (Å²) in [5.74, 6) is -0.268. The van der Waals surface area contributed by atoms with E-state index in [9.17, 15) is 14.6 Å². The Balaban J connectivity index is 1.89. The maximum atomic E-state index is 11.9. The predicted octanol–water partition coefficient (Wildman–Crippen LogP) is 0.285. The van der Waals surface area contributed by atoms with Crippen molar-refractivity contribution < 1.29 is 19.3 Å². The van der Waals surface area contributed by atoms with E-state index in [4.69, 9.17) is 5.73 Å². The molecular weight excluding hydrogens is 399 g/mol.